The van der Waals surface area contributed by atoms with Crippen LogP contribution in [0.15, 0.2) is 23.1 Å². The molecule has 1 amide bonds. The van der Waals surface area contributed by atoms with E-state index in [9.17, 15) is 23.3 Å². The SMILES string of the molecule is CC(C)[C@H](Nc1ccc(S(=O)(=O)N2CCC[C@@H](C)C2)cc1[N+](=O)[O-])C(N)=O. The lowest BCUT2D eigenvalue weighted by Crippen LogP contribution is -2.40. The molecule has 1 saturated heterocycles. The molecule has 2 atom stereocenters. The molecule has 3 N–H and O–H groups in total. The van der Waals surface area contributed by atoms with E-state index in [1.807, 2.05) is 6.92 Å². The summed E-state index contributed by atoms with van der Waals surface area (Å²) in [6, 6.07) is 2.86. The second kappa shape index (κ2) is 8.22. The molecule has 1 aromatic carbocycles. The fourth-order valence-electron chi connectivity index (χ4n) is 3.19. The Kier molecular flexibility index (Phi) is 6.42. The minimum Gasteiger partial charge on any atom is -0.368 e. The van der Waals surface area contributed by atoms with Crippen LogP contribution in [0.2, 0.25) is 0 Å². The molecular formula is C17H26N4O5S. The molecule has 0 unspecified atom stereocenters. The van der Waals surface area contributed by atoms with Gasteiger partial charge in [-0.25, -0.2) is 8.42 Å². The predicted molar refractivity (Wildman–Crippen MR) is 102 cm³/mol. The van der Waals surface area contributed by atoms with E-state index in [1.54, 1.807) is 13.8 Å². The monoisotopic (exact) mass is 398 g/mol. The lowest BCUT2D eigenvalue weighted by molar-refractivity contribution is -0.384. The molecule has 1 heterocycles. The number of nitrogens with zero attached hydrogens (tertiary/aromatic N) is 2. The third-order valence-electron chi connectivity index (χ3n) is 4.71. The number of nitrogens with two attached hydrogens (primary N) is 1. The van der Waals surface area contributed by atoms with Gasteiger partial charge < -0.3 is 11.1 Å². The Labute approximate surface area is 159 Å². The number of nitrogens with one attached hydrogen (secondary N) is 1. The number of anilines is 1. The van der Waals surface area contributed by atoms with E-state index in [-0.39, 0.29) is 22.4 Å². The second-order valence-electron chi connectivity index (χ2n) is 7.31. The Bertz CT molecular complexity index is 825. The quantitative estimate of drug-likeness (QED) is 0.532. The minimum absolute atomic E-state index is 0.0588. The van der Waals surface area contributed by atoms with Crippen LogP contribution < -0.4 is 11.1 Å². The average Bonchev–Trinajstić information content (AvgIpc) is 2.58. The molecule has 2 rings (SSSR count). The maximum atomic E-state index is 12.9. The van der Waals surface area contributed by atoms with Crippen molar-refractivity contribution in [2.45, 2.75) is 44.6 Å². The highest BCUT2D eigenvalue weighted by Gasteiger charge is 2.31. The van der Waals surface area contributed by atoms with Gasteiger partial charge in [0.2, 0.25) is 15.9 Å². The van der Waals surface area contributed by atoms with Gasteiger partial charge in [0.1, 0.15) is 11.7 Å². The van der Waals surface area contributed by atoms with Gasteiger partial charge in [-0.1, -0.05) is 20.8 Å². The van der Waals surface area contributed by atoms with Gasteiger partial charge >= 0.3 is 0 Å². The van der Waals surface area contributed by atoms with Crippen molar-refractivity contribution in [3.05, 3.63) is 28.3 Å². The van der Waals surface area contributed by atoms with Crippen LogP contribution in [0.1, 0.15) is 33.6 Å². The van der Waals surface area contributed by atoms with E-state index in [1.165, 1.54) is 16.4 Å². The first-order chi connectivity index (χ1) is 12.5. The third kappa shape index (κ3) is 4.75. The third-order valence-corrected chi connectivity index (χ3v) is 6.57. The van der Waals surface area contributed by atoms with Crippen molar-refractivity contribution in [2.75, 3.05) is 18.4 Å². The summed E-state index contributed by atoms with van der Waals surface area (Å²) < 4.78 is 27.1. The van der Waals surface area contributed by atoms with Crippen molar-refractivity contribution in [1.29, 1.82) is 0 Å². The van der Waals surface area contributed by atoms with Gasteiger partial charge in [-0.2, -0.15) is 4.31 Å². The number of nitro groups is 1. The number of hydrogen-bond acceptors (Lipinski definition) is 6. The summed E-state index contributed by atoms with van der Waals surface area (Å²) in [4.78, 5) is 22.3. The highest BCUT2D eigenvalue weighted by Crippen LogP contribution is 2.31. The fraction of sp³-hybridized carbons (Fsp3) is 0.588. The summed E-state index contributed by atoms with van der Waals surface area (Å²) >= 11 is 0. The van der Waals surface area contributed by atoms with Crippen LogP contribution in [0.25, 0.3) is 0 Å². The van der Waals surface area contributed by atoms with Crippen LogP contribution in [-0.2, 0) is 14.8 Å². The van der Waals surface area contributed by atoms with Crippen molar-refractivity contribution in [2.24, 2.45) is 17.6 Å². The Morgan fingerprint density at radius 2 is 2.07 bits per heavy atom. The predicted octanol–water partition coefficient (Wildman–Crippen LogP) is 1.94. The van der Waals surface area contributed by atoms with Gasteiger partial charge in [-0.15, -0.1) is 0 Å². The average molecular weight is 398 g/mol. The van der Waals surface area contributed by atoms with Crippen LogP contribution in [0, 0.1) is 22.0 Å². The number of hydrogen-bond donors (Lipinski definition) is 2. The highest BCUT2D eigenvalue weighted by atomic mass is 32.2. The van der Waals surface area contributed by atoms with E-state index < -0.39 is 32.6 Å². The van der Waals surface area contributed by atoms with E-state index in [2.05, 4.69) is 5.32 Å². The summed E-state index contributed by atoms with van der Waals surface area (Å²) in [5.41, 5.74) is 5.00. The molecule has 0 radical (unpaired) electrons. The first-order valence-electron chi connectivity index (χ1n) is 8.88. The van der Waals surface area contributed by atoms with Gasteiger partial charge in [0.05, 0.1) is 9.82 Å². The lowest BCUT2D eigenvalue weighted by atomic mass is 10.0. The molecule has 150 valence electrons. The minimum atomic E-state index is -3.82. The Hall–Kier alpha value is -2.20. The maximum absolute atomic E-state index is 12.9. The summed E-state index contributed by atoms with van der Waals surface area (Å²) in [7, 11) is -3.82. The molecule has 1 fully saturated rings. The van der Waals surface area contributed by atoms with Crippen molar-refractivity contribution >= 4 is 27.3 Å². The molecule has 0 aromatic heterocycles. The Morgan fingerprint density at radius 3 is 2.59 bits per heavy atom. The Balaban J connectivity index is 2.40. The number of piperidine rings is 1. The zero-order chi connectivity index (χ0) is 20.4. The molecule has 0 aliphatic carbocycles. The molecular weight excluding hydrogens is 372 g/mol. The van der Waals surface area contributed by atoms with Crippen molar-refractivity contribution in [1.82, 2.24) is 4.31 Å². The van der Waals surface area contributed by atoms with Gasteiger partial charge in [-0.3, -0.25) is 14.9 Å². The summed E-state index contributed by atoms with van der Waals surface area (Å²) in [6.07, 6.45) is 1.72. The van der Waals surface area contributed by atoms with Crippen LogP contribution >= 0.6 is 0 Å². The molecule has 0 bridgehead atoms. The maximum Gasteiger partial charge on any atom is 0.293 e. The van der Waals surface area contributed by atoms with Crippen LogP contribution in [0.5, 0.6) is 0 Å². The standard InChI is InChI=1S/C17H26N4O5S/c1-11(2)16(17(18)22)19-14-7-6-13(9-15(14)21(23)24)27(25,26)20-8-4-5-12(3)10-20/h6-7,9,11-12,16,19H,4-5,8,10H2,1-3H3,(H2,18,22)/t12-,16+/m1/s1. The van der Waals surface area contributed by atoms with Crippen LogP contribution in [-0.4, -0.2) is 42.7 Å². The van der Waals surface area contributed by atoms with Gasteiger partial charge in [0.25, 0.3) is 5.69 Å². The van der Waals surface area contributed by atoms with Crippen molar-refractivity contribution < 1.29 is 18.1 Å². The summed E-state index contributed by atoms with van der Waals surface area (Å²) in [5.74, 6) is -0.592. The number of rotatable bonds is 7. The number of sulfonamides is 1. The largest absolute Gasteiger partial charge is 0.368 e. The molecule has 27 heavy (non-hydrogen) atoms. The number of primary amides is 1. The first kappa shape index (κ1) is 21.1. The number of carbonyl (C=O) groups is 1. The highest BCUT2D eigenvalue weighted by molar-refractivity contribution is 7.89. The van der Waals surface area contributed by atoms with E-state index in [0.29, 0.717) is 13.1 Å². The van der Waals surface area contributed by atoms with Gasteiger partial charge in [0, 0.05) is 19.2 Å². The smallest absolute Gasteiger partial charge is 0.293 e. The van der Waals surface area contributed by atoms with E-state index in [0.717, 1.165) is 18.9 Å². The van der Waals surface area contributed by atoms with Gasteiger partial charge in [0.15, 0.2) is 0 Å². The fourth-order valence-corrected chi connectivity index (χ4v) is 4.81. The number of benzene rings is 1. The summed E-state index contributed by atoms with van der Waals surface area (Å²) in [6.45, 7) is 6.28. The van der Waals surface area contributed by atoms with Crippen molar-refractivity contribution in [3.8, 4) is 0 Å². The molecule has 1 aromatic rings. The summed E-state index contributed by atoms with van der Waals surface area (Å²) in [5, 5.41) is 14.3. The van der Waals surface area contributed by atoms with Gasteiger partial charge in [-0.05, 0) is 36.8 Å². The molecule has 0 saturated carbocycles. The lowest BCUT2D eigenvalue weighted by Gasteiger charge is -2.30. The van der Waals surface area contributed by atoms with Crippen LogP contribution in [0.3, 0.4) is 0 Å². The van der Waals surface area contributed by atoms with Crippen LogP contribution in [0.4, 0.5) is 11.4 Å². The normalized spacial score (nSPS) is 19.6. The number of carbonyl (C=O) groups excluding carboxylic acids is 1. The van der Waals surface area contributed by atoms with E-state index in [4.69, 9.17) is 5.73 Å². The molecule has 9 nitrogen and oxygen atoms in total. The second-order valence-corrected chi connectivity index (χ2v) is 9.25. The topological polar surface area (TPSA) is 136 Å². The Morgan fingerprint density at radius 1 is 1.41 bits per heavy atom. The molecule has 0 spiro atoms. The molecule has 1 aliphatic heterocycles. The zero-order valence-electron chi connectivity index (χ0n) is 15.7. The molecule has 10 heteroatoms. The van der Waals surface area contributed by atoms with Crippen molar-refractivity contribution in [3.63, 3.8) is 0 Å². The first-order valence-corrected chi connectivity index (χ1v) is 10.3. The number of amides is 1. The molecule has 1 aliphatic rings. The van der Waals surface area contributed by atoms with E-state index >= 15 is 0 Å². The number of nitro benzene ring substituents is 1. The zero-order valence-corrected chi connectivity index (χ0v) is 16.5.